The van der Waals surface area contributed by atoms with E-state index >= 15 is 0 Å². The third-order valence-electron chi connectivity index (χ3n) is 6.20. The lowest BCUT2D eigenvalue weighted by molar-refractivity contribution is -0.135. The fourth-order valence-electron chi connectivity index (χ4n) is 4.52. The largest absolute Gasteiger partial charge is 0.507 e. The molecular weight excluding hydrogens is 468 g/mol. The summed E-state index contributed by atoms with van der Waals surface area (Å²) in [7, 11) is 4.46. The molecule has 0 spiro atoms. The zero-order chi connectivity index (χ0) is 25.6. The van der Waals surface area contributed by atoms with Gasteiger partial charge in [-0.1, -0.05) is 6.07 Å². The van der Waals surface area contributed by atoms with E-state index < -0.39 is 17.3 Å². The second-order valence-electron chi connectivity index (χ2n) is 8.21. The van der Waals surface area contributed by atoms with Crippen LogP contribution >= 0.6 is 0 Å². The van der Waals surface area contributed by atoms with Crippen LogP contribution in [0.15, 0.2) is 57.7 Å². The number of benzene rings is 3. The van der Waals surface area contributed by atoms with Gasteiger partial charge in [0.2, 0.25) is 0 Å². The molecule has 9 nitrogen and oxygen atoms in total. The number of hydrogen-bond acceptors (Lipinski definition) is 9. The number of rotatable bonds is 5. The van der Waals surface area contributed by atoms with Crippen LogP contribution in [-0.2, 0) is 4.79 Å². The highest BCUT2D eigenvalue weighted by atomic mass is 16.5. The monoisotopic (exact) mass is 490 g/mol. The van der Waals surface area contributed by atoms with Crippen molar-refractivity contribution in [3.05, 3.63) is 69.9 Å². The summed E-state index contributed by atoms with van der Waals surface area (Å²) in [6.45, 7) is 0. The molecule has 0 fully saturated rings. The van der Waals surface area contributed by atoms with Crippen molar-refractivity contribution in [2.45, 2.75) is 12.3 Å². The summed E-state index contributed by atoms with van der Waals surface area (Å²) in [5.41, 5.74) is 1.05. The molecule has 0 aliphatic carbocycles. The first-order valence-electron chi connectivity index (χ1n) is 11.0. The van der Waals surface area contributed by atoms with Crippen molar-refractivity contribution in [3.8, 4) is 45.8 Å². The van der Waals surface area contributed by atoms with Crippen LogP contribution in [0.5, 0.6) is 34.5 Å². The Kier molecular flexibility index (Phi) is 5.68. The summed E-state index contributed by atoms with van der Waals surface area (Å²) in [6.07, 6.45) is -0.0488. The lowest BCUT2D eigenvalue weighted by Gasteiger charge is -2.27. The van der Waals surface area contributed by atoms with Gasteiger partial charge in [0.25, 0.3) is 0 Å². The van der Waals surface area contributed by atoms with E-state index in [0.29, 0.717) is 28.2 Å². The zero-order valence-electron chi connectivity index (χ0n) is 19.7. The van der Waals surface area contributed by atoms with Crippen molar-refractivity contribution < 1.29 is 38.4 Å². The first kappa shape index (κ1) is 23.1. The highest BCUT2D eigenvalue weighted by Crippen LogP contribution is 2.48. The second-order valence-corrected chi connectivity index (χ2v) is 8.21. The van der Waals surface area contributed by atoms with E-state index in [9.17, 15) is 19.8 Å². The number of phenolic OH excluding ortho intramolecular Hbond substituents is 2. The van der Waals surface area contributed by atoms with Crippen molar-refractivity contribution in [1.82, 2.24) is 0 Å². The van der Waals surface area contributed by atoms with Crippen LogP contribution in [0.25, 0.3) is 22.3 Å². The van der Waals surface area contributed by atoms with E-state index in [1.54, 1.807) is 30.3 Å². The second kappa shape index (κ2) is 8.84. The van der Waals surface area contributed by atoms with Crippen LogP contribution in [0.4, 0.5) is 0 Å². The number of esters is 1. The number of hydrogen-bond donors (Lipinski definition) is 2. The van der Waals surface area contributed by atoms with Crippen LogP contribution < -0.4 is 24.4 Å². The molecule has 1 atom stereocenters. The van der Waals surface area contributed by atoms with E-state index in [2.05, 4.69) is 0 Å². The lowest BCUT2D eigenvalue weighted by Crippen LogP contribution is -2.22. The highest BCUT2D eigenvalue weighted by molar-refractivity contribution is 5.93. The Morgan fingerprint density at radius 3 is 2.33 bits per heavy atom. The fraction of sp³-hybridized carbons (Fsp3) is 0.185. The van der Waals surface area contributed by atoms with Crippen LogP contribution in [0.3, 0.4) is 0 Å². The van der Waals surface area contributed by atoms with Crippen molar-refractivity contribution >= 4 is 16.9 Å². The average molecular weight is 490 g/mol. The summed E-state index contributed by atoms with van der Waals surface area (Å²) in [4.78, 5) is 25.7. The lowest BCUT2D eigenvalue weighted by atomic mass is 9.84. The van der Waals surface area contributed by atoms with Gasteiger partial charge in [0.15, 0.2) is 16.9 Å². The minimum Gasteiger partial charge on any atom is -0.507 e. The molecule has 184 valence electrons. The molecule has 9 heteroatoms. The Morgan fingerprint density at radius 1 is 0.861 bits per heavy atom. The molecule has 0 amide bonds. The van der Waals surface area contributed by atoms with Crippen LogP contribution in [0.1, 0.15) is 23.5 Å². The van der Waals surface area contributed by atoms with Gasteiger partial charge in [-0.2, -0.15) is 0 Å². The summed E-state index contributed by atoms with van der Waals surface area (Å²) >= 11 is 0. The van der Waals surface area contributed by atoms with Crippen molar-refractivity contribution in [2.24, 2.45) is 0 Å². The molecule has 1 unspecified atom stereocenters. The molecule has 0 saturated heterocycles. The maximum atomic E-state index is 13.1. The number of carbonyl (C=O) groups is 1. The molecule has 1 aromatic heterocycles. The van der Waals surface area contributed by atoms with E-state index in [1.807, 2.05) is 0 Å². The summed E-state index contributed by atoms with van der Waals surface area (Å²) in [5, 5.41) is 20.8. The third-order valence-corrected chi connectivity index (χ3v) is 6.20. The molecular formula is C27H22O9. The standard InChI is InChI=1S/C27H22O9/c1-32-14-5-6-15(22(9-14)34-3)16-10-24(31)35-23-12-19(30)26-18(29)11-21(36-27(26)25(16)23)13-4-7-20(33-2)17(28)8-13/h4-9,11-12,16,28,30H,10H2,1-3H3. The molecule has 1 aliphatic rings. The number of carbonyl (C=O) groups excluding carboxylic acids is 1. The summed E-state index contributed by atoms with van der Waals surface area (Å²) in [5.74, 6) is -0.0985. The SMILES string of the molecule is COc1ccc(C2CC(=O)Oc3cc(O)c4c(=O)cc(-c5ccc(OC)c(O)c5)oc4c32)c(OC)c1. The van der Waals surface area contributed by atoms with Crippen LogP contribution in [0.2, 0.25) is 0 Å². The van der Waals surface area contributed by atoms with Gasteiger partial charge in [-0.25, -0.2) is 0 Å². The first-order chi connectivity index (χ1) is 17.3. The summed E-state index contributed by atoms with van der Waals surface area (Å²) < 4.78 is 27.6. The van der Waals surface area contributed by atoms with Gasteiger partial charge >= 0.3 is 5.97 Å². The highest BCUT2D eigenvalue weighted by Gasteiger charge is 2.35. The van der Waals surface area contributed by atoms with Gasteiger partial charge in [-0.3, -0.25) is 9.59 Å². The molecule has 3 aromatic carbocycles. The molecule has 0 radical (unpaired) electrons. The molecule has 2 N–H and O–H groups in total. The van der Waals surface area contributed by atoms with Gasteiger partial charge in [0, 0.05) is 40.8 Å². The first-order valence-corrected chi connectivity index (χ1v) is 11.0. The average Bonchev–Trinajstić information content (AvgIpc) is 2.87. The molecule has 4 aromatic rings. The quantitative estimate of drug-likeness (QED) is 0.310. The molecule has 5 rings (SSSR count). The topological polar surface area (TPSA) is 125 Å². The van der Waals surface area contributed by atoms with Gasteiger partial charge in [0.05, 0.1) is 27.8 Å². The minimum absolute atomic E-state index is 0.0488. The Balaban J connectivity index is 1.79. The number of aromatic hydroxyl groups is 2. The van der Waals surface area contributed by atoms with Gasteiger partial charge in [-0.05, 0) is 24.3 Å². The fourth-order valence-corrected chi connectivity index (χ4v) is 4.52. The van der Waals surface area contributed by atoms with Gasteiger partial charge < -0.3 is 33.6 Å². The van der Waals surface area contributed by atoms with Gasteiger partial charge in [-0.15, -0.1) is 0 Å². The number of phenols is 2. The Labute approximate surface area is 205 Å². The number of ether oxygens (including phenoxy) is 4. The van der Waals surface area contributed by atoms with E-state index in [-0.39, 0.29) is 46.1 Å². The molecule has 0 bridgehead atoms. The smallest absolute Gasteiger partial charge is 0.312 e. The Morgan fingerprint density at radius 2 is 1.64 bits per heavy atom. The Bertz CT molecular complexity index is 1570. The van der Waals surface area contributed by atoms with Crippen molar-refractivity contribution in [2.75, 3.05) is 21.3 Å². The number of fused-ring (bicyclic) bond motifs is 3. The third kappa shape index (κ3) is 3.74. The predicted molar refractivity (Wildman–Crippen MR) is 129 cm³/mol. The predicted octanol–water partition coefficient (Wildman–Crippen LogP) is 4.34. The van der Waals surface area contributed by atoms with Crippen molar-refractivity contribution in [3.63, 3.8) is 0 Å². The molecule has 1 aliphatic heterocycles. The van der Waals surface area contributed by atoms with Gasteiger partial charge in [0.1, 0.15) is 39.7 Å². The van der Waals surface area contributed by atoms with Crippen molar-refractivity contribution in [1.29, 1.82) is 0 Å². The molecule has 2 heterocycles. The minimum atomic E-state index is -0.604. The van der Waals surface area contributed by atoms with Crippen LogP contribution in [-0.4, -0.2) is 37.5 Å². The zero-order valence-corrected chi connectivity index (χ0v) is 19.7. The summed E-state index contributed by atoms with van der Waals surface area (Å²) in [6, 6.07) is 12.2. The normalized spacial score (nSPS) is 14.8. The number of methoxy groups -OCH3 is 3. The Hall–Kier alpha value is -4.66. The maximum absolute atomic E-state index is 13.1. The molecule has 36 heavy (non-hydrogen) atoms. The van der Waals surface area contributed by atoms with Crippen LogP contribution in [0, 0.1) is 0 Å². The van der Waals surface area contributed by atoms with E-state index in [4.69, 9.17) is 23.4 Å². The molecule has 0 saturated carbocycles. The van der Waals surface area contributed by atoms with E-state index in [1.165, 1.54) is 39.5 Å². The van der Waals surface area contributed by atoms with E-state index in [0.717, 1.165) is 0 Å². The maximum Gasteiger partial charge on any atom is 0.312 e.